The molecule has 7 heteroatoms. The number of hydrogen-bond acceptors (Lipinski definition) is 4. The van der Waals surface area contributed by atoms with Crippen LogP contribution in [0.3, 0.4) is 0 Å². The average molecular weight is 424 g/mol. The maximum Gasteiger partial charge on any atom is 0.246 e. The quantitative estimate of drug-likeness (QED) is 0.364. The van der Waals surface area contributed by atoms with E-state index in [1.807, 2.05) is 72.3 Å². The molecule has 1 heterocycles. The van der Waals surface area contributed by atoms with Crippen molar-refractivity contribution in [1.29, 1.82) is 0 Å². The van der Waals surface area contributed by atoms with E-state index in [1.165, 1.54) is 0 Å². The molecule has 31 heavy (non-hydrogen) atoms. The number of hydroxylamine groups is 1. The number of amides is 2. The molecule has 1 unspecified atom stereocenters. The molecule has 0 fully saturated rings. The SMILES string of the molecule is CCC(c1cn(CC(=O)N(CCO)c2ccccc2)c2ccccc12)[C@@H](C)C(=O)NO. The molecule has 2 atom stereocenters. The van der Waals surface area contributed by atoms with Crippen LogP contribution in [0.1, 0.15) is 31.7 Å². The lowest BCUT2D eigenvalue weighted by Gasteiger charge is -2.22. The predicted molar refractivity (Wildman–Crippen MR) is 120 cm³/mol. The van der Waals surface area contributed by atoms with E-state index in [9.17, 15) is 14.7 Å². The van der Waals surface area contributed by atoms with Gasteiger partial charge in [-0.1, -0.05) is 50.2 Å². The van der Waals surface area contributed by atoms with Crippen LogP contribution in [0, 0.1) is 5.92 Å². The molecule has 3 aromatic rings. The van der Waals surface area contributed by atoms with Gasteiger partial charge in [-0.15, -0.1) is 0 Å². The number of rotatable bonds is 9. The van der Waals surface area contributed by atoms with E-state index in [2.05, 4.69) is 0 Å². The maximum absolute atomic E-state index is 13.2. The molecule has 2 amide bonds. The number of aliphatic hydroxyl groups excluding tert-OH is 1. The van der Waals surface area contributed by atoms with Gasteiger partial charge < -0.3 is 14.6 Å². The number of anilines is 1. The van der Waals surface area contributed by atoms with E-state index < -0.39 is 11.8 Å². The summed E-state index contributed by atoms with van der Waals surface area (Å²) < 4.78 is 1.90. The minimum atomic E-state index is -0.432. The van der Waals surface area contributed by atoms with Gasteiger partial charge in [-0.2, -0.15) is 0 Å². The van der Waals surface area contributed by atoms with Crippen molar-refractivity contribution in [3.63, 3.8) is 0 Å². The molecule has 0 bridgehead atoms. The van der Waals surface area contributed by atoms with Crippen LogP contribution in [0.15, 0.2) is 60.8 Å². The van der Waals surface area contributed by atoms with Crippen molar-refractivity contribution in [3.8, 4) is 0 Å². The summed E-state index contributed by atoms with van der Waals surface area (Å²) >= 11 is 0. The first kappa shape index (κ1) is 22.5. The zero-order valence-electron chi connectivity index (χ0n) is 17.9. The third-order valence-corrected chi connectivity index (χ3v) is 5.78. The smallest absolute Gasteiger partial charge is 0.246 e. The van der Waals surface area contributed by atoms with Gasteiger partial charge in [-0.05, 0) is 36.1 Å². The molecule has 0 radical (unpaired) electrons. The summed E-state index contributed by atoms with van der Waals surface area (Å²) in [6.07, 6.45) is 2.64. The van der Waals surface area contributed by atoms with E-state index in [1.54, 1.807) is 17.3 Å². The number of fused-ring (bicyclic) bond motifs is 1. The number of carbonyl (C=O) groups excluding carboxylic acids is 2. The summed E-state index contributed by atoms with van der Waals surface area (Å²) in [6, 6.07) is 17.1. The second-order valence-electron chi connectivity index (χ2n) is 7.61. The summed E-state index contributed by atoms with van der Waals surface area (Å²) in [6.45, 7) is 3.97. The van der Waals surface area contributed by atoms with E-state index in [4.69, 9.17) is 5.21 Å². The molecule has 0 aliphatic carbocycles. The Balaban J connectivity index is 1.97. The summed E-state index contributed by atoms with van der Waals surface area (Å²) in [5, 5.41) is 19.5. The molecule has 3 N–H and O–H groups in total. The summed E-state index contributed by atoms with van der Waals surface area (Å²) in [5.41, 5.74) is 4.36. The number of aromatic nitrogens is 1. The lowest BCUT2D eigenvalue weighted by Crippen LogP contribution is -2.36. The minimum absolute atomic E-state index is 0.104. The number of para-hydroxylation sites is 2. The van der Waals surface area contributed by atoms with Gasteiger partial charge in [0, 0.05) is 35.2 Å². The molecule has 2 aromatic carbocycles. The largest absolute Gasteiger partial charge is 0.395 e. The Labute approximate surface area is 181 Å². The fraction of sp³-hybridized carbons (Fsp3) is 0.333. The number of nitrogens with one attached hydrogen (secondary N) is 1. The second-order valence-corrected chi connectivity index (χ2v) is 7.61. The van der Waals surface area contributed by atoms with Crippen molar-refractivity contribution >= 4 is 28.4 Å². The lowest BCUT2D eigenvalue weighted by atomic mass is 9.84. The highest BCUT2D eigenvalue weighted by atomic mass is 16.5. The summed E-state index contributed by atoms with van der Waals surface area (Å²) in [5.74, 6) is -1.11. The van der Waals surface area contributed by atoms with Crippen LogP contribution in [-0.4, -0.2) is 39.8 Å². The summed E-state index contributed by atoms with van der Waals surface area (Å²) in [4.78, 5) is 26.8. The van der Waals surface area contributed by atoms with Gasteiger partial charge >= 0.3 is 0 Å². The molecule has 0 aliphatic rings. The zero-order valence-corrected chi connectivity index (χ0v) is 17.9. The van der Waals surface area contributed by atoms with Crippen molar-refractivity contribution in [3.05, 3.63) is 66.4 Å². The van der Waals surface area contributed by atoms with Gasteiger partial charge in [-0.3, -0.25) is 14.8 Å². The highest BCUT2D eigenvalue weighted by Gasteiger charge is 2.27. The molecule has 0 saturated heterocycles. The fourth-order valence-corrected chi connectivity index (χ4v) is 4.17. The molecule has 0 saturated carbocycles. The van der Waals surface area contributed by atoms with Crippen molar-refractivity contribution in [1.82, 2.24) is 10.0 Å². The van der Waals surface area contributed by atoms with Crippen molar-refractivity contribution in [2.75, 3.05) is 18.1 Å². The Morgan fingerprint density at radius 2 is 1.77 bits per heavy atom. The normalized spacial score (nSPS) is 13.0. The molecule has 164 valence electrons. The average Bonchev–Trinajstić information content (AvgIpc) is 3.16. The fourth-order valence-electron chi connectivity index (χ4n) is 4.17. The Hall–Kier alpha value is -3.16. The highest BCUT2D eigenvalue weighted by Crippen LogP contribution is 2.35. The number of carbonyl (C=O) groups is 2. The monoisotopic (exact) mass is 423 g/mol. The molecular weight excluding hydrogens is 394 g/mol. The van der Waals surface area contributed by atoms with E-state index in [0.717, 1.165) is 22.2 Å². The molecular formula is C24H29N3O4. The lowest BCUT2D eigenvalue weighted by molar-refractivity contribution is -0.133. The highest BCUT2D eigenvalue weighted by molar-refractivity contribution is 5.95. The van der Waals surface area contributed by atoms with Crippen molar-refractivity contribution in [2.24, 2.45) is 5.92 Å². The van der Waals surface area contributed by atoms with E-state index in [-0.39, 0.29) is 31.5 Å². The third kappa shape index (κ3) is 4.78. The van der Waals surface area contributed by atoms with Gasteiger partial charge in [0.2, 0.25) is 11.8 Å². The second kappa shape index (κ2) is 10.2. The Morgan fingerprint density at radius 1 is 1.10 bits per heavy atom. The number of hydrogen-bond donors (Lipinski definition) is 3. The van der Waals surface area contributed by atoms with Crippen molar-refractivity contribution < 1.29 is 19.9 Å². The van der Waals surface area contributed by atoms with E-state index in [0.29, 0.717) is 6.42 Å². The molecule has 0 aliphatic heterocycles. The minimum Gasteiger partial charge on any atom is -0.395 e. The molecule has 0 spiro atoms. The van der Waals surface area contributed by atoms with Gasteiger partial charge in [0.1, 0.15) is 6.54 Å². The molecule has 1 aromatic heterocycles. The van der Waals surface area contributed by atoms with E-state index >= 15 is 0 Å². The zero-order chi connectivity index (χ0) is 22.4. The molecule has 3 rings (SSSR count). The van der Waals surface area contributed by atoms with Crippen LogP contribution in [0.5, 0.6) is 0 Å². The Morgan fingerprint density at radius 3 is 2.42 bits per heavy atom. The number of aliphatic hydroxyl groups is 1. The van der Waals surface area contributed by atoms with Crippen LogP contribution in [0.4, 0.5) is 5.69 Å². The number of benzene rings is 2. The Bertz CT molecular complexity index is 1030. The van der Waals surface area contributed by atoms with Gasteiger partial charge in [-0.25, -0.2) is 5.48 Å². The third-order valence-electron chi connectivity index (χ3n) is 5.78. The van der Waals surface area contributed by atoms with Crippen LogP contribution in [0.2, 0.25) is 0 Å². The Kier molecular flexibility index (Phi) is 7.44. The maximum atomic E-state index is 13.2. The van der Waals surface area contributed by atoms with Gasteiger partial charge in [0.15, 0.2) is 0 Å². The standard InChI is InChI=1S/C24H29N3O4/c1-3-19(17(2)24(30)25-31)21-15-26(22-12-8-7-11-20(21)22)16-23(29)27(13-14-28)18-9-5-4-6-10-18/h4-12,15,17,19,28,31H,3,13-14,16H2,1-2H3,(H,25,30)/t17-,19?/m1/s1. The van der Waals surface area contributed by atoms with Crippen LogP contribution < -0.4 is 10.4 Å². The number of nitrogens with zero attached hydrogens (tertiary/aromatic N) is 2. The van der Waals surface area contributed by atoms with Crippen LogP contribution >= 0.6 is 0 Å². The van der Waals surface area contributed by atoms with Gasteiger partial charge in [0.25, 0.3) is 0 Å². The van der Waals surface area contributed by atoms with Crippen LogP contribution in [-0.2, 0) is 16.1 Å². The summed E-state index contributed by atoms with van der Waals surface area (Å²) in [7, 11) is 0. The predicted octanol–water partition coefficient (Wildman–Crippen LogP) is 3.30. The first-order valence-corrected chi connectivity index (χ1v) is 10.5. The van der Waals surface area contributed by atoms with Gasteiger partial charge in [0.05, 0.1) is 6.61 Å². The topological polar surface area (TPSA) is 94.8 Å². The first-order chi connectivity index (χ1) is 15.0. The first-order valence-electron chi connectivity index (χ1n) is 10.5. The van der Waals surface area contributed by atoms with Crippen LogP contribution in [0.25, 0.3) is 10.9 Å². The van der Waals surface area contributed by atoms with Crippen molar-refractivity contribution in [2.45, 2.75) is 32.7 Å². The molecule has 7 nitrogen and oxygen atoms in total.